The number of carbonyl (C=O) groups excluding carboxylic acids is 1. The largest absolute Gasteiger partial charge is 0.416 e. The molecule has 0 unspecified atom stereocenters. The summed E-state index contributed by atoms with van der Waals surface area (Å²) in [6.45, 7) is 0. The molecule has 11 heteroatoms. The van der Waals surface area contributed by atoms with E-state index in [0.29, 0.717) is 38.6 Å². The summed E-state index contributed by atoms with van der Waals surface area (Å²) in [6, 6.07) is 4.90. The van der Waals surface area contributed by atoms with Crippen molar-refractivity contribution in [1.29, 1.82) is 0 Å². The quantitative estimate of drug-likeness (QED) is 0.506. The fourth-order valence-corrected chi connectivity index (χ4v) is 5.03. The van der Waals surface area contributed by atoms with Gasteiger partial charge in [-0.05, 0) is 23.8 Å². The van der Waals surface area contributed by atoms with Gasteiger partial charge in [-0.3, -0.25) is 9.20 Å². The third-order valence-corrected chi connectivity index (χ3v) is 6.51. The Bertz CT molecular complexity index is 1350. The molecule has 0 spiro atoms. The van der Waals surface area contributed by atoms with E-state index in [1.165, 1.54) is 28.9 Å². The number of anilines is 1. The monoisotopic (exact) mass is 444 g/mol. The summed E-state index contributed by atoms with van der Waals surface area (Å²) in [7, 11) is 1.63. The summed E-state index contributed by atoms with van der Waals surface area (Å²) in [5, 5.41) is 0. The highest BCUT2D eigenvalue weighted by atomic mass is 32.2. The first kappa shape index (κ1) is 19.6. The van der Waals surface area contributed by atoms with Crippen molar-refractivity contribution in [2.45, 2.75) is 17.1 Å². The standard InChI is InChI=1S/C20H15F3N6OS/c1-28(16-8-31-17-4-10(20(21,22)23)2-3-11(16)17)19(30)12-5-14-13(6-26-12)27-18(24)15-7-25-9-29(14)15/h2-7,9,16H,8H2,1H3,(H2,24,27)/t16-/m1/s1. The number of alkyl halides is 3. The van der Waals surface area contributed by atoms with Crippen molar-refractivity contribution in [2.24, 2.45) is 0 Å². The normalized spacial score (nSPS) is 16.1. The van der Waals surface area contributed by atoms with Crippen LogP contribution < -0.4 is 5.73 Å². The molecule has 0 bridgehead atoms. The van der Waals surface area contributed by atoms with E-state index in [9.17, 15) is 18.0 Å². The number of benzene rings is 1. The number of amides is 1. The van der Waals surface area contributed by atoms with Crippen LogP contribution in [-0.2, 0) is 6.18 Å². The number of nitrogens with two attached hydrogens (primary N) is 1. The van der Waals surface area contributed by atoms with Crippen LogP contribution in [0.1, 0.15) is 27.7 Å². The highest BCUT2D eigenvalue weighted by molar-refractivity contribution is 7.99. The number of nitrogen functional groups attached to an aromatic ring is 1. The topological polar surface area (TPSA) is 89.4 Å². The molecule has 158 valence electrons. The number of rotatable bonds is 2. The fourth-order valence-electron chi connectivity index (χ4n) is 3.71. The zero-order chi connectivity index (χ0) is 21.9. The molecule has 31 heavy (non-hydrogen) atoms. The Morgan fingerprint density at radius 1 is 1.26 bits per heavy atom. The lowest BCUT2D eigenvalue weighted by molar-refractivity contribution is -0.137. The van der Waals surface area contributed by atoms with E-state index in [4.69, 9.17) is 5.73 Å². The van der Waals surface area contributed by atoms with Gasteiger partial charge in [0, 0.05) is 17.7 Å². The van der Waals surface area contributed by atoms with Gasteiger partial charge >= 0.3 is 6.18 Å². The number of fused-ring (bicyclic) bond motifs is 4. The van der Waals surface area contributed by atoms with Crippen molar-refractivity contribution in [3.8, 4) is 0 Å². The maximum absolute atomic E-state index is 13.2. The maximum atomic E-state index is 13.2. The van der Waals surface area contributed by atoms with E-state index in [0.717, 1.165) is 12.1 Å². The fraction of sp³-hybridized carbons (Fsp3) is 0.200. The van der Waals surface area contributed by atoms with Crippen molar-refractivity contribution in [1.82, 2.24) is 24.3 Å². The van der Waals surface area contributed by atoms with Crippen molar-refractivity contribution >= 4 is 40.0 Å². The molecule has 1 aromatic carbocycles. The number of nitrogens with zero attached hydrogens (tertiary/aromatic N) is 5. The molecule has 4 heterocycles. The predicted octanol–water partition coefficient (Wildman–Crippen LogP) is 3.80. The van der Waals surface area contributed by atoms with Gasteiger partial charge in [0.05, 0.1) is 35.8 Å². The number of aromatic nitrogens is 4. The van der Waals surface area contributed by atoms with E-state index < -0.39 is 11.7 Å². The molecule has 0 saturated heterocycles. The van der Waals surface area contributed by atoms with E-state index in [1.807, 2.05) is 0 Å². The minimum atomic E-state index is -4.40. The molecule has 5 rings (SSSR count). The summed E-state index contributed by atoms with van der Waals surface area (Å²) in [5.74, 6) is 0.433. The minimum absolute atomic E-state index is 0.196. The van der Waals surface area contributed by atoms with Gasteiger partial charge in [0.25, 0.3) is 5.91 Å². The van der Waals surface area contributed by atoms with Crippen LogP contribution in [0.25, 0.3) is 16.6 Å². The predicted molar refractivity (Wildman–Crippen MR) is 110 cm³/mol. The van der Waals surface area contributed by atoms with E-state index in [-0.39, 0.29) is 17.6 Å². The Labute approximate surface area is 178 Å². The van der Waals surface area contributed by atoms with Gasteiger partial charge in [0.2, 0.25) is 0 Å². The van der Waals surface area contributed by atoms with E-state index >= 15 is 0 Å². The number of pyridine rings is 1. The molecule has 1 atom stereocenters. The van der Waals surface area contributed by atoms with Crippen molar-refractivity contribution in [2.75, 3.05) is 18.5 Å². The highest BCUT2D eigenvalue weighted by Gasteiger charge is 2.35. The second-order valence-corrected chi connectivity index (χ2v) is 8.26. The number of hydrogen-bond donors (Lipinski definition) is 1. The number of thioether (sulfide) groups is 1. The average molecular weight is 444 g/mol. The van der Waals surface area contributed by atoms with Crippen LogP contribution in [0.3, 0.4) is 0 Å². The lowest BCUT2D eigenvalue weighted by atomic mass is 10.0. The Kier molecular flexibility index (Phi) is 4.33. The Morgan fingerprint density at radius 3 is 2.84 bits per heavy atom. The average Bonchev–Trinajstić information content (AvgIpc) is 3.39. The Morgan fingerprint density at radius 2 is 2.06 bits per heavy atom. The minimum Gasteiger partial charge on any atom is -0.382 e. The van der Waals surface area contributed by atoms with Gasteiger partial charge < -0.3 is 10.6 Å². The van der Waals surface area contributed by atoms with Crippen LogP contribution in [0.5, 0.6) is 0 Å². The van der Waals surface area contributed by atoms with Crippen LogP contribution >= 0.6 is 11.8 Å². The molecule has 4 aromatic rings. The Balaban J connectivity index is 1.49. The molecule has 1 aliphatic rings. The summed E-state index contributed by atoms with van der Waals surface area (Å²) in [5.41, 5.74) is 7.89. The molecule has 7 nitrogen and oxygen atoms in total. The molecule has 1 amide bonds. The van der Waals surface area contributed by atoms with Gasteiger partial charge in [-0.15, -0.1) is 11.8 Å². The van der Waals surface area contributed by atoms with Gasteiger partial charge in [0.15, 0.2) is 0 Å². The second-order valence-electron chi connectivity index (χ2n) is 7.20. The number of halogens is 3. The zero-order valence-electron chi connectivity index (χ0n) is 16.1. The smallest absolute Gasteiger partial charge is 0.382 e. The summed E-state index contributed by atoms with van der Waals surface area (Å²) >= 11 is 1.30. The highest BCUT2D eigenvalue weighted by Crippen LogP contribution is 2.44. The van der Waals surface area contributed by atoms with Crippen LogP contribution in [0.15, 0.2) is 47.9 Å². The summed E-state index contributed by atoms with van der Waals surface area (Å²) in [4.78, 5) is 27.8. The van der Waals surface area contributed by atoms with Crippen LogP contribution in [-0.4, -0.2) is 43.0 Å². The molecule has 2 N–H and O–H groups in total. The van der Waals surface area contributed by atoms with E-state index in [2.05, 4.69) is 15.0 Å². The van der Waals surface area contributed by atoms with Gasteiger partial charge in [-0.1, -0.05) is 6.07 Å². The second kappa shape index (κ2) is 6.84. The summed E-state index contributed by atoms with van der Waals surface area (Å²) < 4.78 is 40.7. The van der Waals surface area contributed by atoms with Crippen LogP contribution in [0.4, 0.5) is 19.0 Å². The molecule has 0 aliphatic carbocycles. The zero-order valence-corrected chi connectivity index (χ0v) is 16.9. The lowest BCUT2D eigenvalue weighted by Crippen LogP contribution is -2.32. The first-order valence-electron chi connectivity index (χ1n) is 9.22. The van der Waals surface area contributed by atoms with Crippen molar-refractivity contribution in [3.05, 3.63) is 59.8 Å². The molecule has 0 saturated carbocycles. The SMILES string of the molecule is CN(C(=O)c1cc2c(cn1)nc(N)c1cncn12)[C@@H]1CSc2cc(C(F)(F)F)ccc21. The molecule has 3 aromatic heterocycles. The number of carbonyl (C=O) groups is 1. The van der Waals surface area contributed by atoms with Crippen LogP contribution in [0, 0.1) is 0 Å². The number of imidazole rings is 1. The molecule has 1 aliphatic heterocycles. The van der Waals surface area contributed by atoms with Gasteiger partial charge in [0.1, 0.15) is 22.5 Å². The summed E-state index contributed by atoms with van der Waals surface area (Å²) in [6.07, 6.45) is 0.229. The first-order chi connectivity index (χ1) is 14.7. The van der Waals surface area contributed by atoms with Crippen molar-refractivity contribution in [3.63, 3.8) is 0 Å². The molecular weight excluding hydrogens is 429 g/mol. The van der Waals surface area contributed by atoms with Gasteiger partial charge in [-0.25, -0.2) is 15.0 Å². The third-order valence-electron chi connectivity index (χ3n) is 5.37. The third kappa shape index (κ3) is 3.16. The van der Waals surface area contributed by atoms with Crippen LogP contribution in [0.2, 0.25) is 0 Å². The lowest BCUT2D eigenvalue weighted by Gasteiger charge is -2.25. The molecule has 0 radical (unpaired) electrons. The van der Waals surface area contributed by atoms with Crippen molar-refractivity contribution < 1.29 is 18.0 Å². The Hall–Kier alpha value is -3.34. The van der Waals surface area contributed by atoms with Gasteiger partial charge in [-0.2, -0.15) is 13.2 Å². The number of hydrogen-bond acceptors (Lipinski definition) is 6. The molecule has 0 fully saturated rings. The molecular formula is C20H15F3N6OS. The first-order valence-corrected chi connectivity index (χ1v) is 10.2. The maximum Gasteiger partial charge on any atom is 0.416 e. The van der Waals surface area contributed by atoms with E-state index in [1.54, 1.807) is 30.0 Å².